The average Bonchev–Trinajstić information content (AvgIpc) is 3.46. The van der Waals surface area contributed by atoms with Crippen LogP contribution in [-0.2, 0) is 5.41 Å². The molecule has 0 aliphatic heterocycles. The van der Waals surface area contributed by atoms with E-state index in [1.807, 2.05) is 18.2 Å². The summed E-state index contributed by atoms with van der Waals surface area (Å²) < 4.78 is 0. The fourth-order valence-corrected chi connectivity index (χ4v) is 8.41. The van der Waals surface area contributed by atoms with Crippen LogP contribution in [0.4, 0.5) is 0 Å². The second-order valence-corrected chi connectivity index (χ2v) is 13.6. The molecule has 3 nitrogen and oxygen atoms in total. The number of fused-ring (bicyclic) bond motifs is 5. The molecule has 238 valence electrons. The maximum Gasteiger partial charge on any atom is 0.161 e. The first-order chi connectivity index (χ1) is 24.7. The molecule has 1 spiro atoms. The molecule has 1 fully saturated rings. The van der Waals surface area contributed by atoms with Gasteiger partial charge in [-0.05, 0) is 81.6 Å². The van der Waals surface area contributed by atoms with Gasteiger partial charge in [-0.1, -0.05) is 147 Å². The van der Waals surface area contributed by atoms with Gasteiger partial charge >= 0.3 is 0 Å². The highest BCUT2D eigenvalue weighted by Gasteiger charge is 2.44. The SMILES string of the molecule is N#Cc1ccc2c(c1)C1(CCCCC1)c1cccc(-c3ccccc3-c3nc(-c4ccccc4)cc(-c4cccc(-c5ccccc5)c4)n3)c1-2. The Balaban J connectivity index is 1.25. The van der Waals surface area contributed by atoms with Crippen LogP contribution in [-0.4, -0.2) is 9.97 Å². The van der Waals surface area contributed by atoms with Gasteiger partial charge < -0.3 is 0 Å². The molecule has 9 rings (SSSR count). The summed E-state index contributed by atoms with van der Waals surface area (Å²) in [4.78, 5) is 10.6. The van der Waals surface area contributed by atoms with E-state index in [1.54, 1.807) is 0 Å². The average molecular weight is 642 g/mol. The van der Waals surface area contributed by atoms with Gasteiger partial charge in [-0.3, -0.25) is 0 Å². The Hall–Kier alpha value is -6.11. The Kier molecular flexibility index (Phi) is 7.44. The molecular weight excluding hydrogens is 607 g/mol. The topological polar surface area (TPSA) is 49.6 Å². The van der Waals surface area contributed by atoms with Gasteiger partial charge in [-0.15, -0.1) is 0 Å². The van der Waals surface area contributed by atoms with Crippen LogP contribution >= 0.6 is 0 Å². The predicted molar refractivity (Wildman–Crippen MR) is 203 cm³/mol. The molecule has 0 radical (unpaired) electrons. The van der Waals surface area contributed by atoms with Crippen molar-refractivity contribution in [2.24, 2.45) is 0 Å². The summed E-state index contributed by atoms with van der Waals surface area (Å²) in [7, 11) is 0. The van der Waals surface area contributed by atoms with Crippen LogP contribution in [0.3, 0.4) is 0 Å². The van der Waals surface area contributed by atoms with Crippen LogP contribution in [0.5, 0.6) is 0 Å². The van der Waals surface area contributed by atoms with Crippen molar-refractivity contribution in [1.29, 1.82) is 5.26 Å². The van der Waals surface area contributed by atoms with E-state index >= 15 is 0 Å². The van der Waals surface area contributed by atoms with E-state index in [-0.39, 0.29) is 5.41 Å². The molecule has 0 unspecified atom stereocenters. The Morgan fingerprint density at radius 3 is 1.84 bits per heavy atom. The van der Waals surface area contributed by atoms with E-state index in [4.69, 9.17) is 9.97 Å². The van der Waals surface area contributed by atoms with Gasteiger partial charge in [0.15, 0.2) is 5.82 Å². The number of hydrogen-bond acceptors (Lipinski definition) is 3. The Labute approximate surface area is 293 Å². The number of hydrogen-bond donors (Lipinski definition) is 0. The molecule has 1 heterocycles. The van der Waals surface area contributed by atoms with Crippen molar-refractivity contribution in [2.45, 2.75) is 37.5 Å². The molecule has 7 aromatic rings. The number of benzene rings is 6. The molecule has 0 saturated heterocycles. The minimum absolute atomic E-state index is 0.0542. The lowest BCUT2D eigenvalue weighted by Gasteiger charge is -2.36. The highest BCUT2D eigenvalue weighted by molar-refractivity contribution is 5.97. The lowest BCUT2D eigenvalue weighted by Crippen LogP contribution is -2.28. The van der Waals surface area contributed by atoms with E-state index in [9.17, 15) is 5.26 Å². The minimum atomic E-state index is -0.0542. The quantitative estimate of drug-likeness (QED) is 0.188. The van der Waals surface area contributed by atoms with Crippen molar-refractivity contribution < 1.29 is 0 Å². The first kappa shape index (κ1) is 30.0. The summed E-state index contributed by atoms with van der Waals surface area (Å²) in [5, 5.41) is 9.89. The monoisotopic (exact) mass is 641 g/mol. The zero-order chi connectivity index (χ0) is 33.5. The number of nitriles is 1. The molecule has 3 heteroatoms. The number of nitrogens with zero attached hydrogens (tertiary/aromatic N) is 3. The molecule has 0 amide bonds. The Morgan fingerprint density at radius 2 is 1.08 bits per heavy atom. The second-order valence-electron chi connectivity index (χ2n) is 13.6. The van der Waals surface area contributed by atoms with Crippen LogP contribution in [0.1, 0.15) is 48.8 Å². The summed E-state index contributed by atoms with van der Waals surface area (Å²) in [6.07, 6.45) is 5.88. The summed E-state index contributed by atoms with van der Waals surface area (Å²) >= 11 is 0. The maximum absolute atomic E-state index is 9.89. The minimum Gasteiger partial charge on any atom is -0.228 e. The van der Waals surface area contributed by atoms with Gasteiger partial charge in [-0.2, -0.15) is 5.26 Å². The summed E-state index contributed by atoms with van der Waals surface area (Å²) in [6, 6.07) is 55.8. The lowest BCUT2D eigenvalue weighted by atomic mass is 9.67. The first-order valence-electron chi connectivity index (χ1n) is 17.6. The molecular formula is C47H35N3. The molecule has 0 bridgehead atoms. The van der Waals surface area contributed by atoms with Crippen LogP contribution in [0.2, 0.25) is 0 Å². The largest absolute Gasteiger partial charge is 0.228 e. The number of rotatable bonds is 5. The van der Waals surface area contributed by atoms with E-state index in [1.165, 1.54) is 52.6 Å². The van der Waals surface area contributed by atoms with Gasteiger partial charge in [-0.25, -0.2) is 9.97 Å². The second kappa shape index (κ2) is 12.4. The van der Waals surface area contributed by atoms with Crippen molar-refractivity contribution in [3.05, 3.63) is 168 Å². The van der Waals surface area contributed by atoms with Crippen LogP contribution in [0.25, 0.3) is 67.3 Å². The van der Waals surface area contributed by atoms with Crippen LogP contribution < -0.4 is 0 Å². The van der Waals surface area contributed by atoms with Gasteiger partial charge in [0.2, 0.25) is 0 Å². The molecule has 0 N–H and O–H groups in total. The van der Waals surface area contributed by atoms with Crippen molar-refractivity contribution >= 4 is 0 Å². The van der Waals surface area contributed by atoms with E-state index in [0.717, 1.165) is 57.6 Å². The van der Waals surface area contributed by atoms with Gasteiger partial charge in [0, 0.05) is 22.1 Å². The molecule has 2 aliphatic carbocycles. The maximum atomic E-state index is 9.89. The van der Waals surface area contributed by atoms with Gasteiger partial charge in [0.1, 0.15) is 0 Å². The predicted octanol–water partition coefficient (Wildman–Crippen LogP) is 11.9. The molecule has 1 aromatic heterocycles. The highest BCUT2D eigenvalue weighted by atomic mass is 14.9. The van der Waals surface area contributed by atoms with Crippen molar-refractivity contribution in [3.63, 3.8) is 0 Å². The number of aromatic nitrogens is 2. The van der Waals surface area contributed by atoms with Gasteiger partial charge in [0.05, 0.1) is 23.0 Å². The Bertz CT molecular complexity index is 2410. The fraction of sp³-hybridized carbons (Fsp3) is 0.128. The van der Waals surface area contributed by atoms with Crippen LogP contribution in [0.15, 0.2) is 152 Å². The first-order valence-corrected chi connectivity index (χ1v) is 17.6. The summed E-state index contributed by atoms with van der Waals surface area (Å²) in [5.41, 5.74) is 15.4. The molecule has 2 aliphatic rings. The lowest BCUT2D eigenvalue weighted by molar-refractivity contribution is 0.353. The van der Waals surface area contributed by atoms with E-state index in [2.05, 4.69) is 140 Å². The van der Waals surface area contributed by atoms with Crippen LogP contribution in [0, 0.1) is 11.3 Å². The highest BCUT2D eigenvalue weighted by Crippen LogP contribution is 2.58. The molecule has 50 heavy (non-hydrogen) atoms. The molecule has 0 atom stereocenters. The third kappa shape index (κ3) is 5.04. The van der Waals surface area contributed by atoms with Crippen molar-refractivity contribution in [1.82, 2.24) is 9.97 Å². The summed E-state index contributed by atoms with van der Waals surface area (Å²) in [5.74, 6) is 0.699. The summed E-state index contributed by atoms with van der Waals surface area (Å²) in [6.45, 7) is 0. The standard InChI is InChI=1S/C47H35N3/c48-31-32-24-25-40-42(28-32)47(26-10-3-11-27-47)41-23-13-22-38(45(40)41)37-20-8-9-21-39(37)46-49-43(34-16-6-2-7-17-34)30-44(50-46)36-19-12-18-35(29-36)33-14-4-1-5-15-33/h1-2,4-9,12-25,28-30H,3,10-11,26-27H2. The smallest absolute Gasteiger partial charge is 0.161 e. The van der Waals surface area contributed by atoms with E-state index in [0.29, 0.717) is 5.82 Å². The third-order valence-electron chi connectivity index (χ3n) is 10.7. The Morgan fingerprint density at radius 1 is 0.460 bits per heavy atom. The van der Waals surface area contributed by atoms with Crippen molar-refractivity contribution in [3.8, 4) is 73.4 Å². The van der Waals surface area contributed by atoms with Gasteiger partial charge in [0.25, 0.3) is 0 Å². The molecule has 6 aromatic carbocycles. The zero-order valence-electron chi connectivity index (χ0n) is 27.8. The fourth-order valence-electron chi connectivity index (χ4n) is 8.41. The molecule has 1 saturated carbocycles. The third-order valence-corrected chi connectivity index (χ3v) is 10.7. The normalized spacial score (nSPS) is 14.1. The van der Waals surface area contributed by atoms with E-state index < -0.39 is 0 Å². The zero-order valence-corrected chi connectivity index (χ0v) is 27.8. The van der Waals surface area contributed by atoms with Crippen molar-refractivity contribution in [2.75, 3.05) is 0 Å².